The first-order valence-corrected chi connectivity index (χ1v) is 6.09. The first-order valence-electron chi connectivity index (χ1n) is 5.33. The van der Waals surface area contributed by atoms with Crippen LogP contribution in [0.25, 0.3) is 0 Å². The van der Waals surface area contributed by atoms with Crippen molar-refractivity contribution in [1.29, 1.82) is 0 Å². The number of carboxylic acid groups (broad SMARTS) is 1. The van der Waals surface area contributed by atoms with Crippen LogP contribution in [0.5, 0.6) is 0 Å². The molecule has 0 aromatic carbocycles. The molecule has 0 spiro atoms. The number of hydrogen-bond donors (Lipinski definition) is 2. The minimum Gasteiger partial charge on any atom is -0.480 e. The highest BCUT2D eigenvalue weighted by Crippen LogP contribution is 2.33. The number of aromatic nitrogens is 1. The van der Waals surface area contributed by atoms with Gasteiger partial charge in [0, 0.05) is 6.20 Å². The third kappa shape index (κ3) is 2.91. The van der Waals surface area contributed by atoms with Crippen LogP contribution in [0, 0.1) is 5.92 Å². The lowest BCUT2D eigenvalue weighted by Crippen LogP contribution is -2.42. The lowest BCUT2D eigenvalue weighted by atomic mass is 10.1. The van der Waals surface area contributed by atoms with Crippen molar-refractivity contribution in [2.45, 2.75) is 18.9 Å². The van der Waals surface area contributed by atoms with Gasteiger partial charge in [-0.25, -0.2) is 9.78 Å². The van der Waals surface area contributed by atoms with Crippen molar-refractivity contribution in [2.75, 3.05) is 0 Å². The number of aliphatic carboxylic acids is 1. The van der Waals surface area contributed by atoms with Crippen LogP contribution >= 0.6 is 23.2 Å². The molecule has 1 atom stereocenters. The molecule has 0 aliphatic heterocycles. The van der Waals surface area contributed by atoms with Gasteiger partial charge in [-0.2, -0.15) is 0 Å². The molecular weight excluding hydrogens is 279 g/mol. The maximum Gasteiger partial charge on any atom is 0.326 e. The summed E-state index contributed by atoms with van der Waals surface area (Å²) < 4.78 is 0. The molecule has 0 bridgehead atoms. The molecule has 1 aromatic rings. The van der Waals surface area contributed by atoms with Crippen LogP contribution in [0.3, 0.4) is 0 Å². The van der Waals surface area contributed by atoms with Crippen LogP contribution in [0.4, 0.5) is 0 Å². The second kappa shape index (κ2) is 5.12. The molecule has 1 aliphatic rings. The third-order valence-corrected chi connectivity index (χ3v) is 3.39. The number of pyridine rings is 1. The fourth-order valence-corrected chi connectivity index (χ4v) is 1.85. The second-order valence-corrected chi connectivity index (χ2v) is 4.89. The van der Waals surface area contributed by atoms with Crippen LogP contribution in [0.2, 0.25) is 10.2 Å². The maximum atomic E-state index is 11.8. The van der Waals surface area contributed by atoms with E-state index in [4.69, 9.17) is 28.3 Å². The molecule has 1 aliphatic carbocycles. The van der Waals surface area contributed by atoms with E-state index in [1.807, 2.05) is 0 Å². The van der Waals surface area contributed by atoms with Gasteiger partial charge in [-0.3, -0.25) is 4.79 Å². The van der Waals surface area contributed by atoms with Gasteiger partial charge in [-0.15, -0.1) is 0 Å². The van der Waals surface area contributed by atoms with Gasteiger partial charge in [0.1, 0.15) is 11.2 Å². The molecule has 0 saturated heterocycles. The molecule has 1 fully saturated rings. The van der Waals surface area contributed by atoms with E-state index in [2.05, 4.69) is 10.3 Å². The van der Waals surface area contributed by atoms with E-state index in [1.54, 1.807) is 0 Å². The number of rotatable bonds is 4. The molecule has 0 radical (unpaired) electrons. The van der Waals surface area contributed by atoms with E-state index in [1.165, 1.54) is 12.3 Å². The van der Waals surface area contributed by atoms with Gasteiger partial charge < -0.3 is 10.4 Å². The Morgan fingerprint density at radius 1 is 1.44 bits per heavy atom. The quantitative estimate of drug-likeness (QED) is 0.831. The highest BCUT2D eigenvalue weighted by atomic mass is 35.5. The van der Waals surface area contributed by atoms with E-state index in [9.17, 15) is 9.59 Å². The Morgan fingerprint density at radius 2 is 2.11 bits per heavy atom. The van der Waals surface area contributed by atoms with Crippen molar-refractivity contribution < 1.29 is 14.7 Å². The van der Waals surface area contributed by atoms with E-state index in [-0.39, 0.29) is 21.7 Å². The van der Waals surface area contributed by atoms with E-state index >= 15 is 0 Å². The molecule has 18 heavy (non-hydrogen) atoms. The van der Waals surface area contributed by atoms with Crippen molar-refractivity contribution >= 4 is 35.1 Å². The molecule has 7 heteroatoms. The second-order valence-electron chi connectivity index (χ2n) is 4.12. The highest BCUT2D eigenvalue weighted by molar-refractivity contribution is 6.41. The monoisotopic (exact) mass is 288 g/mol. The minimum atomic E-state index is -1.03. The van der Waals surface area contributed by atoms with Crippen LogP contribution in [-0.2, 0) is 4.79 Å². The largest absolute Gasteiger partial charge is 0.480 e. The summed E-state index contributed by atoms with van der Waals surface area (Å²) in [6, 6.07) is 0.504. The molecule has 1 aromatic heterocycles. The van der Waals surface area contributed by atoms with Crippen molar-refractivity contribution in [2.24, 2.45) is 5.92 Å². The summed E-state index contributed by atoms with van der Waals surface area (Å²) in [7, 11) is 0. The summed E-state index contributed by atoms with van der Waals surface area (Å²) in [6.45, 7) is 0. The van der Waals surface area contributed by atoms with Crippen molar-refractivity contribution in [3.8, 4) is 0 Å². The predicted molar refractivity (Wildman–Crippen MR) is 65.9 cm³/mol. The van der Waals surface area contributed by atoms with Crippen LogP contribution in [-0.4, -0.2) is 28.0 Å². The van der Waals surface area contributed by atoms with Gasteiger partial charge in [-0.1, -0.05) is 23.2 Å². The molecule has 1 unspecified atom stereocenters. The van der Waals surface area contributed by atoms with E-state index in [0.717, 1.165) is 12.8 Å². The SMILES string of the molecule is O=C(NC(C(=O)O)C1CC1)c1cnc(Cl)c(Cl)c1. The van der Waals surface area contributed by atoms with Crippen LogP contribution in [0.1, 0.15) is 23.2 Å². The molecule has 1 heterocycles. The molecule has 1 amide bonds. The van der Waals surface area contributed by atoms with E-state index < -0.39 is 17.9 Å². The van der Waals surface area contributed by atoms with Gasteiger partial charge in [0.15, 0.2) is 0 Å². The Hall–Kier alpha value is -1.33. The molecule has 2 N–H and O–H groups in total. The summed E-state index contributed by atoms with van der Waals surface area (Å²) >= 11 is 11.4. The lowest BCUT2D eigenvalue weighted by molar-refractivity contribution is -0.139. The Kier molecular flexibility index (Phi) is 3.73. The number of carbonyl (C=O) groups is 2. The average molecular weight is 289 g/mol. The van der Waals surface area contributed by atoms with Gasteiger partial charge in [0.25, 0.3) is 5.91 Å². The zero-order valence-electron chi connectivity index (χ0n) is 9.19. The van der Waals surface area contributed by atoms with Gasteiger partial charge in [0.2, 0.25) is 0 Å². The summed E-state index contributed by atoms with van der Waals surface area (Å²) in [4.78, 5) is 26.6. The Morgan fingerprint density at radius 3 is 2.61 bits per heavy atom. The van der Waals surface area contributed by atoms with Crippen LogP contribution < -0.4 is 5.32 Å². The van der Waals surface area contributed by atoms with Crippen molar-refractivity contribution in [3.05, 3.63) is 28.0 Å². The van der Waals surface area contributed by atoms with Crippen molar-refractivity contribution in [1.82, 2.24) is 10.3 Å². The number of carbonyl (C=O) groups excluding carboxylic acids is 1. The Labute approximate surface area is 113 Å². The number of amides is 1. The predicted octanol–water partition coefficient (Wildman–Crippen LogP) is 1.98. The van der Waals surface area contributed by atoms with Gasteiger partial charge >= 0.3 is 5.97 Å². The van der Waals surface area contributed by atoms with E-state index in [0.29, 0.717) is 0 Å². The topological polar surface area (TPSA) is 79.3 Å². The molecule has 1 saturated carbocycles. The normalized spacial score (nSPS) is 16.1. The first-order chi connectivity index (χ1) is 8.49. The first kappa shape index (κ1) is 13.1. The fourth-order valence-electron chi connectivity index (χ4n) is 1.58. The number of hydrogen-bond acceptors (Lipinski definition) is 3. The summed E-state index contributed by atoms with van der Waals surface area (Å²) in [5.41, 5.74) is 0.191. The lowest BCUT2D eigenvalue weighted by Gasteiger charge is -2.13. The number of nitrogens with zero attached hydrogens (tertiary/aromatic N) is 1. The van der Waals surface area contributed by atoms with Crippen LogP contribution in [0.15, 0.2) is 12.3 Å². The Bertz CT molecular complexity index is 503. The Balaban J connectivity index is 2.10. The third-order valence-electron chi connectivity index (χ3n) is 2.70. The summed E-state index contributed by atoms with van der Waals surface area (Å²) in [5, 5.41) is 11.7. The van der Waals surface area contributed by atoms with Gasteiger partial charge in [-0.05, 0) is 24.8 Å². The fraction of sp³-hybridized carbons (Fsp3) is 0.364. The van der Waals surface area contributed by atoms with Crippen molar-refractivity contribution in [3.63, 3.8) is 0 Å². The molecular formula is C11H10Cl2N2O3. The molecule has 96 valence electrons. The maximum absolute atomic E-state index is 11.8. The highest BCUT2D eigenvalue weighted by Gasteiger charge is 2.37. The number of halogens is 2. The molecule has 5 nitrogen and oxygen atoms in total. The zero-order valence-corrected chi connectivity index (χ0v) is 10.7. The number of nitrogens with one attached hydrogen (secondary N) is 1. The summed E-state index contributed by atoms with van der Waals surface area (Å²) in [6.07, 6.45) is 2.89. The summed E-state index contributed by atoms with van der Waals surface area (Å²) in [5.74, 6) is -1.53. The standard InChI is InChI=1S/C11H10Cl2N2O3/c12-7-3-6(4-14-9(7)13)10(16)15-8(11(17)18)5-1-2-5/h3-5,8H,1-2H2,(H,15,16)(H,17,18). The minimum absolute atomic E-state index is 0.0159. The smallest absolute Gasteiger partial charge is 0.326 e. The number of carboxylic acids is 1. The average Bonchev–Trinajstić information content (AvgIpc) is 3.13. The molecule has 2 rings (SSSR count). The zero-order chi connectivity index (χ0) is 13.3. The van der Waals surface area contributed by atoms with Gasteiger partial charge in [0.05, 0.1) is 10.6 Å².